The fourth-order valence-electron chi connectivity index (χ4n) is 2.88. The van der Waals surface area contributed by atoms with Crippen LogP contribution in [0.4, 0.5) is 0 Å². The maximum Gasteiger partial charge on any atom is 0.472 e. The molecule has 4 unspecified atom stereocenters. The van der Waals surface area contributed by atoms with E-state index in [0.29, 0.717) is 39.3 Å². The smallest absolute Gasteiger partial charge is 0.379 e. The van der Waals surface area contributed by atoms with Crippen LogP contribution < -0.4 is 0 Å². The third-order valence-corrected chi connectivity index (χ3v) is 6.44. The standard InChI is InChI=1S/C24H51O8P/c1-7-11-15-27-19-23(9-3)29-17-13-21(5)31-33(25,26)32-22(6)14-18-30-24(10-4)20-28-16-12-8-2/h21-24H,7-20H2,1-6H3,(H,25,26). The summed E-state index contributed by atoms with van der Waals surface area (Å²) in [5.74, 6) is 0. The Bertz CT molecular complexity index is 441. The van der Waals surface area contributed by atoms with Crippen molar-refractivity contribution in [1.29, 1.82) is 0 Å². The highest BCUT2D eigenvalue weighted by Gasteiger charge is 2.27. The van der Waals surface area contributed by atoms with Crippen LogP contribution in [0.2, 0.25) is 0 Å². The highest BCUT2D eigenvalue weighted by Crippen LogP contribution is 2.46. The van der Waals surface area contributed by atoms with Crippen LogP contribution >= 0.6 is 7.82 Å². The zero-order valence-corrected chi connectivity index (χ0v) is 22.9. The minimum absolute atomic E-state index is 0.0234. The first kappa shape index (κ1) is 33.0. The van der Waals surface area contributed by atoms with Gasteiger partial charge in [-0.2, -0.15) is 0 Å². The van der Waals surface area contributed by atoms with Crippen LogP contribution in [0, 0.1) is 0 Å². The molecule has 1 N–H and O–H groups in total. The van der Waals surface area contributed by atoms with Crippen molar-refractivity contribution >= 4 is 7.82 Å². The molecule has 0 bridgehead atoms. The van der Waals surface area contributed by atoms with Crippen LogP contribution in [0.5, 0.6) is 0 Å². The van der Waals surface area contributed by atoms with Crippen molar-refractivity contribution in [1.82, 2.24) is 0 Å². The molecule has 0 saturated carbocycles. The van der Waals surface area contributed by atoms with E-state index in [1.807, 2.05) is 0 Å². The molecule has 8 nitrogen and oxygen atoms in total. The second-order valence-corrected chi connectivity index (χ2v) is 9.90. The van der Waals surface area contributed by atoms with E-state index < -0.39 is 20.0 Å². The Labute approximate surface area is 202 Å². The predicted molar refractivity (Wildman–Crippen MR) is 132 cm³/mol. The zero-order chi connectivity index (χ0) is 25.0. The van der Waals surface area contributed by atoms with Gasteiger partial charge in [0.15, 0.2) is 0 Å². The molecule has 0 rings (SSSR count). The molecule has 0 fully saturated rings. The van der Waals surface area contributed by atoms with E-state index in [-0.39, 0.29) is 12.2 Å². The lowest BCUT2D eigenvalue weighted by Gasteiger charge is -2.22. The van der Waals surface area contributed by atoms with Gasteiger partial charge in [0.2, 0.25) is 0 Å². The molecule has 0 spiro atoms. The first-order valence-corrected chi connectivity index (χ1v) is 14.4. The first-order chi connectivity index (χ1) is 15.8. The number of hydrogen-bond donors (Lipinski definition) is 1. The van der Waals surface area contributed by atoms with Gasteiger partial charge in [-0.25, -0.2) is 4.57 Å². The van der Waals surface area contributed by atoms with E-state index >= 15 is 0 Å². The quantitative estimate of drug-likeness (QED) is 0.130. The van der Waals surface area contributed by atoms with Gasteiger partial charge in [-0.05, 0) is 52.4 Å². The SMILES string of the molecule is CCCCOCC(CC)OCCC(C)OP(=O)(O)OC(C)CCOC(CC)COCCCC. The largest absolute Gasteiger partial charge is 0.472 e. The Morgan fingerprint density at radius 3 is 1.42 bits per heavy atom. The molecular formula is C24H51O8P. The van der Waals surface area contributed by atoms with Crippen LogP contribution in [-0.4, -0.2) is 69.0 Å². The minimum Gasteiger partial charge on any atom is -0.379 e. The van der Waals surface area contributed by atoms with Crippen LogP contribution in [0.15, 0.2) is 0 Å². The average Bonchev–Trinajstić information content (AvgIpc) is 2.76. The summed E-state index contributed by atoms with van der Waals surface area (Å²) in [5, 5.41) is 0. The number of rotatable bonds is 24. The molecular weight excluding hydrogens is 447 g/mol. The Hall–Kier alpha value is -0.0500. The Morgan fingerprint density at radius 1 is 0.697 bits per heavy atom. The van der Waals surface area contributed by atoms with Gasteiger partial charge in [0.1, 0.15) is 0 Å². The van der Waals surface area contributed by atoms with Crippen LogP contribution in [0.1, 0.15) is 92.9 Å². The van der Waals surface area contributed by atoms with Crippen molar-refractivity contribution in [2.75, 3.05) is 39.6 Å². The summed E-state index contributed by atoms with van der Waals surface area (Å²) in [6, 6.07) is 0. The van der Waals surface area contributed by atoms with Gasteiger partial charge in [-0.3, -0.25) is 9.05 Å². The monoisotopic (exact) mass is 498 g/mol. The lowest BCUT2D eigenvalue weighted by Crippen LogP contribution is -2.23. The van der Waals surface area contributed by atoms with Gasteiger partial charge in [0.25, 0.3) is 0 Å². The lowest BCUT2D eigenvalue weighted by molar-refractivity contribution is -0.0319. The van der Waals surface area contributed by atoms with E-state index in [1.165, 1.54) is 0 Å². The summed E-state index contributed by atoms with van der Waals surface area (Å²) in [7, 11) is -4.16. The molecule has 0 radical (unpaired) electrons. The maximum atomic E-state index is 12.3. The topological polar surface area (TPSA) is 92.7 Å². The number of hydrogen-bond acceptors (Lipinski definition) is 7. The Morgan fingerprint density at radius 2 is 1.09 bits per heavy atom. The van der Waals surface area contributed by atoms with Gasteiger partial charge >= 0.3 is 7.82 Å². The molecule has 0 heterocycles. The average molecular weight is 499 g/mol. The predicted octanol–water partition coefficient (Wildman–Crippen LogP) is 5.90. The van der Waals surface area contributed by atoms with E-state index in [2.05, 4.69) is 27.7 Å². The van der Waals surface area contributed by atoms with Gasteiger partial charge < -0.3 is 23.8 Å². The van der Waals surface area contributed by atoms with E-state index in [9.17, 15) is 9.46 Å². The van der Waals surface area contributed by atoms with E-state index in [0.717, 1.165) is 51.7 Å². The molecule has 0 aliphatic carbocycles. The summed E-state index contributed by atoms with van der Waals surface area (Å²) in [6.07, 6.45) is 6.11. The number of phosphoric acid groups is 1. The Kier molecular flexibility index (Phi) is 21.2. The second kappa shape index (κ2) is 21.3. The molecule has 0 aromatic rings. The van der Waals surface area contributed by atoms with Crippen LogP contribution in [0.3, 0.4) is 0 Å². The third kappa shape index (κ3) is 19.9. The first-order valence-electron chi connectivity index (χ1n) is 12.9. The van der Waals surface area contributed by atoms with E-state index in [1.54, 1.807) is 13.8 Å². The van der Waals surface area contributed by atoms with Crippen molar-refractivity contribution in [2.45, 2.75) is 117 Å². The lowest BCUT2D eigenvalue weighted by atomic mass is 10.2. The molecule has 200 valence electrons. The highest BCUT2D eigenvalue weighted by molar-refractivity contribution is 7.47. The van der Waals surface area contributed by atoms with Gasteiger partial charge in [-0.15, -0.1) is 0 Å². The fourth-order valence-corrected chi connectivity index (χ4v) is 4.05. The number of phosphoric ester groups is 1. The summed E-state index contributed by atoms with van der Waals surface area (Å²) < 4.78 is 45.8. The summed E-state index contributed by atoms with van der Waals surface area (Å²) in [6.45, 7) is 15.3. The maximum absolute atomic E-state index is 12.3. The zero-order valence-electron chi connectivity index (χ0n) is 22.0. The molecule has 0 saturated heterocycles. The van der Waals surface area contributed by atoms with Crippen molar-refractivity contribution in [3.8, 4) is 0 Å². The van der Waals surface area contributed by atoms with Crippen molar-refractivity contribution in [3.63, 3.8) is 0 Å². The molecule has 0 amide bonds. The fraction of sp³-hybridized carbons (Fsp3) is 1.00. The van der Waals surface area contributed by atoms with Gasteiger partial charge in [0.05, 0.1) is 37.6 Å². The Balaban J connectivity index is 4.09. The third-order valence-electron chi connectivity index (χ3n) is 5.18. The van der Waals surface area contributed by atoms with Crippen molar-refractivity contribution < 1.29 is 37.5 Å². The van der Waals surface area contributed by atoms with Gasteiger partial charge in [-0.1, -0.05) is 40.5 Å². The molecule has 0 aliphatic heterocycles. The highest BCUT2D eigenvalue weighted by atomic mass is 31.2. The molecule has 9 heteroatoms. The van der Waals surface area contributed by atoms with E-state index in [4.69, 9.17) is 28.0 Å². The van der Waals surface area contributed by atoms with Crippen LogP contribution in [-0.2, 0) is 32.6 Å². The number of unbranched alkanes of at least 4 members (excludes halogenated alkanes) is 2. The van der Waals surface area contributed by atoms with Crippen LogP contribution in [0.25, 0.3) is 0 Å². The summed E-state index contributed by atoms with van der Waals surface area (Å²) in [5.41, 5.74) is 0. The van der Waals surface area contributed by atoms with Crippen molar-refractivity contribution in [2.24, 2.45) is 0 Å². The molecule has 0 aromatic heterocycles. The number of ether oxygens (including phenoxy) is 4. The van der Waals surface area contributed by atoms with Gasteiger partial charge in [0, 0.05) is 26.4 Å². The second-order valence-electron chi connectivity index (χ2n) is 8.54. The molecule has 0 aromatic carbocycles. The summed E-state index contributed by atoms with van der Waals surface area (Å²) in [4.78, 5) is 10.1. The minimum atomic E-state index is -4.16. The molecule has 0 aliphatic rings. The normalized spacial score (nSPS) is 17.4. The molecule has 33 heavy (non-hydrogen) atoms. The molecule has 4 atom stereocenters. The summed E-state index contributed by atoms with van der Waals surface area (Å²) >= 11 is 0. The van der Waals surface area contributed by atoms with Crippen molar-refractivity contribution in [3.05, 3.63) is 0 Å².